The second-order valence-corrected chi connectivity index (χ2v) is 5.30. The summed E-state index contributed by atoms with van der Waals surface area (Å²) in [4.78, 5) is 13.4. The molecule has 0 bridgehead atoms. The first-order chi connectivity index (χ1) is 9.83. The van der Waals surface area contributed by atoms with Crippen LogP contribution in [0.5, 0.6) is 0 Å². The molecule has 1 fully saturated rings. The molecule has 1 aliphatic rings. The zero-order chi connectivity index (χ0) is 13.8. The number of anilines is 1. The number of hydrogen-bond donors (Lipinski definition) is 0. The molecule has 0 atom stereocenters. The lowest BCUT2D eigenvalue weighted by molar-refractivity contribution is 0.246. The molecule has 3 heterocycles. The highest BCUT2D eigenvalue weighted by Gasteiger charge is 2.19. The maximum absolute atomic E-state index is 6.20. The molecule has 0 aliphatic carbocycles. The molecule has 0 saturated carbocycles. The van der Waals surface area contributed by atoms with Crippen LogP contribution in [0.25, 0.3) is 0 Å². The van der Waals surface area contributed by atoms with E-state index in [1.807, 2.05) is 30.5 Å². The van der Waals surface area contributed by atoms with Gasteiger partial charge in [-0.05, 0) is 24.3 Å². The Labute approximate surface area is 124 Å². The zero-order valence-corrected chi connectivity index (χ0v) is 12.0. The van der Waals surface area contributed by atoms with Gasteiger partial charge in [0.05, 0.1) is 10.7 Å². The highest BCUT2D eigenvalue weighted by Crippen LogP contribution is 2.23. The molecule has 0 N–H and O–H groups in total. The van der Waals surface area contributed by atoms with Crippen LogP contribution in [0.1, 0.15) is 5.69 Å². The molecule has 2 aromatic heterocycles. The van der Waals surface area contributed by atoms with Gasteiger partial charge in [0.2, 0.25) is 0 Å². The Morgan fingerprint density at radius 2 is 1.75 bits per heavy atom. The van der Waals surface area contributed by atoms with Crippen molar-refractivity contribution in [1.82, 2.24) is 14.9 Å². The van der Waals surface area contributed by atoms with E-state index in [2.05, 4.69) is 25.8 Å². The van der Waals surface area contributed by atoms with Gasteiger partial charge >= 0.3 is 0 Å². The van der Waals surface area contributed by atoms with Gasteiger partial charge in [-0.15, -0.1) is 0 Å². The second-order valence-electron chi connectivity index (χ2n) is 4.89. The van der Waals surface area contributed by atoms with Gasteiger partial charge in [-0.1, -0.05) is 17.7 Å². The Kier molecular flexibility index (Phi) is 4.14. The lowest BCUT2D eigenvalue weighted by Gasteiger charge is -2.35. The molecule has 5 heteroatoms. The summed E-state index contributed by atoms with van der Waals surface area (Å²) in [6, 6.07) is 9.81. The smallest absolute Gasteiger partial charge is 0.147 e. The van der Waals surface area contributed by atoms with Crippen molar-refractivity contribution in [1.29, 1.82) is 0 Å². The molecule has 2 aromatic rings. The third kappa shape index (κ3) is 3.08. The molecule has 20 heavy (non-hydrogen) atoms. The normalized spacial score (nSPS) is 16.4. The molecular weight excluding hydrogens is 272 g/mol. The van der Waals surface area contributed by atoms with Crippen LogP contribution >= 0.6 is 11.6 Å². The number of piperazine rings is 1. The minimum atomic E-state index is 0.727. The Hall–Kier alpha value is -1.65. The molecular formula is C15H17ClN4. The van der Waals surface area contributed by atoms with E-state index in [1.165, 1.54) is 0 Å². The number of halogens is 1. The van der Waals surface area contributed by atoms with E-state index in [0.717, 1.165) is 49.3 Å². The topological polar surface area (TPSA) is 32.3 Å². The van der Waals surface area contributed by atoms with Gasteiger partial charge < -0.3 is 4.90 Å². The summed E-state index contributed by atoms with van der Waals surface area (Å²) in [5.74, 6) is 0.895. The average molecular weight is 289 g/mol. The van der Waals surface area contributed by atoms with Crippen LogP contribution in [0.15, 0.2) is 42.7 Å². The molecule has 104 valence electrons. The third-order valence-electron chi connectivity index (χ3n) is 3.52. The first-order valence-electron chi connectivity index (χ1n) is 6.80. The fourth-order valence-corrected chi connectivity index (χ4v) is 2.69. The van der Waals surface area contributed by atoms with Crippen molar-refractivity contribution in [2.75, 3.05) is 31.1 Å². The van der Waals surface area contributed by atoms with Crippen molar-refractivity contribution in [3.63, 3.8) is 0 Å². The first kappa shape index (κ1) is 13.3. The number of nitrogens with zero attached hydrogens (tertiary/aromatic N) is 4. The number of hydrogen-bond acceptors (Lipinski definition) is 4. The Morgan fingerprint density at radius 3 is 2.45 bits per heavy atom. The quantitative estimate of drug-likeness (QED) is 0.868. The summed E-state index contributed by atoms with van der Waals surface area (Å²) in [6.07, 6.45) is 3.64. The van der Waals surface area contributed by atoms with Gasteiger partial charge in [-0.3, -0.25) is 9.88 Å². The molecule has 3 rings (SSSR count). The van der Waals surface area contributed by atoms with Crippen molar-refractivity contribution in [3.05, 3.63) is 53.4 Å². The van der Waals surface area contributed by atoms with Crippen LogP contribution in [0.2, 0.25) is 5.02 Å². The highest BCUT2D eigenvalue weighted by molar-refractivity contribution is 6.32. The van der Waals surface area contributed by atoms with Gasteiger partial charge in [-0.2, -0.15) is 0 Å². The van der Waals surface area contributed by atoms with Crippen molar-refractivity contribution in [3.8, 4) is 0 Å². The van der Waals surface area contributed by atoms with Crippen molar-refractivity contribution < 1.29 is 0 Å². The highest BCUT2D eigenvalue weighted by atomic mass is 35.5. The largest absolute Gasteiger partial charge is 0.353 e. The number of aromatic nitrogens is 2. The SMILES string of the molecule is Clc1cccnc1N1CCN(Cc2ccccn2)CC1. The van der Waals surface area contributed by atoms with E-state index in [0.29, 0.717) is 0 Å². The van der Waals surface area contributed by atoms with Crippen LogP contribution in [-0.4, -0.2) is 41.0 Å². The van der Waals surface area contributed by atoms with E-state index < -0.39 is 0 Å². The minimum absolute atomic E-state index is 0.727. The van der Waals surface area contributed by atoms with Gasteiger partial charge in [0.1, 0.15) is 5.82 Å². The Bertz CT molecular complexity index is 553. The van der Waals surface area contributed by atoms with Gasteiger partial charge in [0.25, 0.3) is 0 Å². The van der Waals surface area contributed by atoms with Crippen molar-refractivity contribution >= 4 is 17.4 Å². The monoisotopic (exact) mass is 288 g/mol. The summed E-state index contributed by atoms with van der Waals surface area (Å²) in [5, 5.41) is 0.727. The lowest BCUT2D eigenvalue weighted by Crippen LogP contribution is -2.46. The molecule has 1 saturated heterocycles. The molecule has 1 aliphatic heterocycles. The predicted molar refractivity (Wildman–Crippen MR) is 81.0 cm³/mol. The van der Waals surface area contributed by atoms with Gasteiger partial charge in [0, 0.05) is 45.1 Å². The van der Waals surface area contributed by atoms with Crippen molar-refractivity contribution in [2.24, 2.45) is 0 Å². The predicted octanol–water partition coefficient (Wildman–Crippen LogP) is 2.45. The van der Waals surface area contributed by atoms with Crippen LogP contribution in [-0.2, 0) is 6.54 Å². The number of pyridine rings is 2. The summed E-state index contributed by atoms with van der Waals surface area (Å²) in [6.45, 7) is 4.81. The third-order valence-corrected chi connectivity index (χ3v) is 3.82. The molecule has 0 aromatic carbocycles. The fourth-order valence-electron chi connectivity index (χ4n) is 2.45. The van der Waals surface area contributed by atoms with E-state index in [9.17, 15) is 0 Å². The van der Waals surface area contributed by atoms with Gasteiger partial charge in [-0.25, -0.2) is 4.98 Å². The summed E-state index contributed by atoms with van der Waals surface area (Å²) < 4.78 is 0. The molecule has 0 amide bonds. The van der Waals surface area contributed by atoms with Crippen LogP contribution in [0.4, 0.5) is 5.82 Å². The molecule has 0 radical (unpaired) electrons. The standard InChI is InChI=1S/C15H17ClN4/c16-14-5-3-7-18-15(14)20-10-8-19(9-11-20)12-13-4-1-2-6-17-13/h1-7H,8-12H2. The lowest BCUT2D eigenvalue weighted by atomic mass is 10.2. The molecule has 4 nitrogen and oxygen atoms in total. The first-order valence-corrected chi connectivity index (χ1v) is 7.18. The van der Waals surface area contributed by atoms with Gasteiger partial charge in [0.15, 0.2) is 0 Å². The van der Waals surface area contributed by atoms with E-state index in [4.69, 9.17) is 11.6 Å². The number of rotatable bonds is 3. The second kappa shape index (κ2) is 6.20. The maximum atomic E-state index is 6.20. The molecule has 0 unspecified atom stereocenters. The maximum Gasteiger partial charge on any atom is 0.147 e. The van der Waals surface area contributed by atoms with Crippen LogP contribution in [0, 0.1) is 0 Å². The van der Waals surface area contributed by atoms with E-state index in [1.54, 1.807) is 6.20 Å². The zero-order valence-electron chi connectivity index (χ0n) is 11.2. The Balaban J connectivity index is 1.59. The van der Waals surface area contributed by atoms with Crippen LogP contribution < -0.4 is 4.90 Å². The van der Waals surface area contributed by atoms with E-state index in [-0.39, 0.29) is 0 Å². The minimum Gasteiger partial charge on any atom is -0.353 e. The Morgan fingerprint density at radius 1 is 0.950 bits per heavy atom. The van der Waals surface area contributed by atoms with E-state index >= 15 is 0 Å². The fraction of sp³-hybridized carbons (Fsp3) is 0.333. The molecule has 0 spiro atoms. The van der Waals surface area contributed by atoms with Crippen LogP contribution in [0.3, 0.4) is 0 Å². The average Bonchev–Trinajstić information content (AvgIpc) is 2.50. The van der Waals surface area contributed by atoms with Crippen molar-refractivity contribution in [2.45, 2.75) is 6.54 Å². The summed E-state index contributed by atoms with van der Waals surface area (Å²) in [7, 11) is 0. The summed E-state index contributed by atoms with van der Waals surface area (Å²) in [5.41, 5.74) is 1.12. The summed E-state index contributed by atoms with van der Waals surface area (Å²) >= 11 is 6.20.